The van der Waals surface area contributed by atoms with Gasteiger partial charge in [0.1, 0.15) is 0 Å². The van der Waals surface area contributed by atoms with E-state index in [-0.39, 0.29) is 5.69 Å². The fourth-order valence-electron chi connectivity index (χ4n) is 4.55. The van der Waals surface area contributed by atoms with Gasteiger partial charge in [-0.05, 0) is 68.3 Å². The van der Waals surface area contributed by atoms with Crippen molar-refractivity contribution in [3.63, 3.8) is 0 Å². The molecule has 0 bridgehead atoms. The Morgan fingerprint density at radius 1 is 0.587 bits per heavy atom. The number of carbonyl (C=O) groups is 4. The molecule has 0 aromatic heterocycles. The average Bonchev–Trinajstić information content (AvgIpc) is 2.89. The maximum absolute atomic E-state index is 14.3. The molecule has 8 nitrogen and oxygen atoms in total. The van der Waals surface area contributed by atoms with Crippen LogP contribution in [-0.4, -0.2) is 39.4 Å². The van der Waals surface area contributed by atoms with Gasteiger partial charge >= 0.3 is 24.3 Å². The quantitative estimate of drug-likeness (QED) is 0.149. The van der Waals surface area contributed by atoms with E-state index in [0.717, 1.165) is 24.3 Å². The minimum atomic E-state index is -5.21. The number of carbonyl (C=O) groups excluding carboxylic acids is 2. The summed E-state index contributed by atoms with van der Waals surface area (Å²) in [5.41, 5.74) is -9.66. The van der Waals surface area contributed by atoms with Crippen molar-refractivity contribution in [1.29, 1.82) is 0 Å². The predicted molar refractivity (Wildman–Crippen MR) is 157 cm³/mol. The van der Waals surface area contributed by atoms with Crippen LogP contribution < -0.4 is 10.6 Å². The molecular formula is C32H30F6N2O6. The number of nitrogens with one attached hydrogen (secondary N) is 2. The zero-order valence-corrected chi connectivity index (χ0v) is 25.4. The summed E-state index contributed by atoms with van der Waals surface area (Å²) in [4.78, 5) is 49.9. The average molecular weight is 653 g/mol. The lowest BCUT2D eigenvalue weighted by molar-refractivity contribution is -0.139. The number of hydrogen-bond donors (Lipinski definition) is 4. The Bertz CT molecular complexity index is 1730. The van der Waals surface area contributed by atoms with Gasteiger partial charge in [-0.25, -0.2) is 9.59 Å². The zero-order chi connectivity index (χ0) is 35.2. The number of halogens is 6. The van der Waals surface area contributed by atoms with Crippen molar-refractivity contribution in [1.82, 2.24) is 0 Å². The highest BCUT2D eigenvalue weighted by Crippen LogP contribution is 2.44. The van der Waals surface area contributed by atoms with Gasteiger partial charge < -0.3 is 20.8 Å². The van der Waals surface area contributed by atoms with Crippen LogP contribution in [-0.2, 0) is 12.4 Å². The maximum Gasteiger partial charge on any atom is 0.417 e. The molecule has 1 amide bonds. The van der Waals surface area contributed by atoms with Crippen LogP contribution in [0.15, 0.2) is 48.5 Å². The van der Waals surface area contributed by atoms with Crippen LogP contribution in [0.2, 0.25) is 0 Å². The fourth-order valence-corrected chi connectivity index (χ4v) is 4.55. The highest BCUT2D eigenvalue weighted by atomic mass is 19.4. The lowest BCUT2D eigenvalue weighted by Gasteiger charge is -2.24. The molecule has 0 unspecified atom stereocenters. The van der Waals surface area contributed by atoms with Crippen LogP contribution in [0.4, 0.5) is 37.7 Å². The summed E-state index contributed by atoms with van der Waals surface area (Å²) in [5.74, 6) is -5.50. The van der Waals surface area contributed by atoms with E-state index in [1.807, 2.05) is 0 Å². The first-order chi connectivity index (χ1) is 20.8. The van der Waals surface area contributed by atoms with Crippen LogP contribution >= 0.6 is 0 Å². The van der Waals surface area contributed by atoms with Gasteiger partial charge in [0.15, 0.2) is 5.78 Å². The molecule has 0 aliphatic heterocycles. The highest BCUT2D eigenvalue weighted by molar-refractivity contribution is 6.15. The summed E-state index contributed by atoms with van der Waals surface area (Å²) in [5, 5.41) is 24.2. The molecule has 0 atom stereocenters. The van der Waals surface area contributed by atoms with Crippen molar-refractivity contribution in [2.45, 2.75) is 59.4 Å². The zero-order valence-electron chi connectivity index (χ0n) is 25.4. The first kappa shape index (κ1) is 35.6. The maximum atomic E-state index is 14.3. The Labute approximate surface area is 259 Å². The molecule has 0 saturated heterocycles. The third-order valence-corrected chi connectivity index (χ3v) is 6.51. The Morgan fingerprint density at radius 3 is 1.41 bits per heavy atom. The third kappa shape index (κ3) is 8.03. The smallest absolute Gasteiger partial charge is 0.417 e. The van der Waals surface area contributed by atoms with Crippen LogP contribution in [0, 0.1) is 5.41 Å². The number of ketones is 1. The van der Waals surface area contributed by atoms with Crippen molar-refractivity contribution >= 4 is 35.0 Å². The van der Waals surface area contributed by atoms with Crippen LogP contribution in [0.25, 0.3) is 11.1 Å². The molecule has 246 valence electrons. The summed E-state index contributed by atoms with van der Waals surface area (Å²) < 4.78 is 85.1. The minimum absolute atomic E-state index is 0.0217. The second-order valence-corrected chi connectivity index (χ2v) is 12.5. The van der Waals surface area contributed by atoms with Crippen LogP contribution in [0.3, 0.4) is 0 Å². The van der Waals surface area contributed by atoms with Crippen molar-refractivity contribution in [2.24, 2.45) is 5.41 Å². The molecule has 0 aliphatic carbocycles. The molecule has 14 heteroatoms. The van der Waals surface area contributed by atoms with Gasteiger partial charge in [-0.1, -0.05) is 32.9 Å². The van der Waals surface area contributed by atoms with Crippen molar-refractivity contribution in [3.05, 3.63) is 81.9 Å². The molecule has 0 aliphatic rings. The number of anilines is 2. The number of carboxylic acid groups (broad SMARTS) is 2. The number of amides is 1. The highest BCUT2D eigenvalue weighted by Gasteiger charge is 2.39. The first-order valence-corrected chi connectivity index (χ1v) is 13.5. The Balaban J connectivity index is 2.18. The van der Waals surface area contributed by atoms with Crippen molar-refractivity contribution in [3.8, 4) is 11.1 Å². The number of hydrogen-bond acceptors (Lipinski definition) is 5. The monoisotopic (exact) mass is 652 g/mol. The third-order valence-electron chi connectivity index (χ3n) is 6.51. The van der Waals surface area contributed by atoms with Crippen molar-refractivity contribution in [2.75, 3.05) is 10.6 Å². The summed E-state index contributed by atoms with van der Waals surface area (Å²) in [6, 6.07) is 6.16. The number of aromatic carboxylic acids is 2. The van der Waals surface area contributed by atoms with Crippen LogP contribution in [0.5, 0.6) is 0 Å². The molecule has 3 aromatic carbocycles. The topological polar surface area (TPSA) is 133 Å². The minimum Gasteiger partial charge on any atom is -0.478 e. The SMILES string of the molecule is CC(C)(C)Nc1ccc(-c2ccc(NC(=O)c3cc(C(=O)C(C)(C)C)c(C(=O)O)cc3C(=O)O)cc2C(F)(F)F)c(C(F)(F)F)c1. The van der Waals surface area contributed by atoms with E-state index in [9.17, 15) is 55.7 Å². The Hall–Kier alpha value is -4.88. The van der Waals surface area contributed by atoms with E-state index in [2.05, 4.69) is 10.6 Å². The van der Waals surface area contributed by atoms with Gasteiger partial charge in [0.2, 0.25) is 0 Å². The normalized spacial score (nSPS) is 12.4. The number of benzene rings is 3. The van der Waals surface area contributed by atoms with Crippen LogP contribution in [0.1, 0.15) is 94.1 Å². The Kier molecular flexibility index (Phi) is 9.39. The van der Waals surface area contributed by atoms with E-state index < -0.39 is 97.1 Å². The Morgan fingerprint density at radius 2 is 1.00 bits per heavy atom. The molecule has 4 N–H and O–H groups in total. The number of rotatable bonds is 7. The van der Waals surface area contributed by atoms with Crippen molar-refractivity contribution < 1.29 is 55.7 Å². The molecule has 46 heavy (non-hydrogen) atoms. The van der Waals surface area contributed by atoms with E-state index >= 15 is 0 Å². The second-order valence-electron chi connectivity index (χ2n) is 12.5. The van der Waals surface area contributed by atoms with E-state index in [1.165, 1.54) is 26.8 Å². The molecule has 0 radical (unpaired) electrons. The lowest BCUT2D eigenvalue weighted by atomic mass is 9.83. The fraction of sp³-hybridized carbons (Fsp3) is 0.312. The summed E-state index contributed by atoms with van der Waals surface area (Å²) >= 11 is 0. The first-order valence-electron chi connectivity index (χ1n) is 13.5. The van der Waals surface area contributed by atoms with E-state index in [0.29, 0.717) is 18.2 Å². The predicted octanol–water partition coefficient (Wildman–Crippen LogP) is 8.48. The standard InChI is InChI=1S/C32H30F6N2O6/c1-29(2,3)25(41)19-13-20(22(28(45)46)14-21(19)27(43)44)26(42)39-15-7-9-17(23(11-15)31(33,34)35)18-10-8-16(40-30(4,5)6)12-24(18)32(36,37)38/h7-14,40H,1-6H3,(H,39,42)(H,43,44)(H,45,46). The van der Waals surface area contributed by atoms with Gasteiger partial charge in [0.25, 0.3) is 5.91 Å². The summed E-state index contributed by atoms with van der Waals surface area (Å²) in [6.07, 6.45) is -10.2. The number of alkyl halides is 6. The molecule has 3 rings (SSSR count). The van der Waals surface area contributed by atoms with Gasteiger partial charge in [0, 0.05) is 27.9 Å². The van der Waals surface area contributed by atoms with Gasteiger partial charge in [-0.2, -0.15) is 26.3 Å². The number of carboxylic acids is 2. The number of Topliss-reactive ketones (excluding diaryl/α,β-unsaturated/α-hetero) is 1. The molecule has 0 heterocycles. The lowest BCUT2D eigenvalue weighted by Crippen LogP contribution is -2.26. The van der Waals surface area contributed by atoms with Gasteiger partial charge in [0.05, 0.1) is 27.8 Å². The molecular weight excluding hydrogens is 622 g/mol. The summed E-state index contributed by atoms with van der Waals surface area (Å²) in [6.45, 7) is 9.41. The largest absolute Gasteiger partial charge is 0.478 e. The molecule has 3 aromatic rings. The molecule has 0 saturated carbocycles. The molecule has 0 spiro atoms. The molecule has 0 fully saturated rings. The van der Waals surface area contributed by atoms with E-state index in [1.54, 1.807) is 20.8 Å². The second kappa shape index (κ2) is 12.1. The van der Waals surface area contributed by atoms with E-state index in [4.69, 9.17) is 0 Å². The van der Waals surface area contributed by atoms with Gasteiger partial charge in [-0.3, -0.25) is 9.59 Å². The van der Waals surface area contributed by atoms with Gasteiger partial charge in [-0.15, -0.1) is 0 Å². The summed E-state index contributed by atoms with van der Waals surface area (Å²) in [7, 11) is 0.